The van der Waals surface area contributed by atoms with Crippen molar-refractivity contribution in [1.82, 2.24) is 4.72 Å². The van der Waals surface area contributed by atoms with Gasteiger partial charge < -0.3 is 5.11 Å². The van der Waals surface area contributed by atoms with Crippen LogP contribution in [0, 0.1) is 0 Å². The molecule has 2 aromatic rings. The van der Waals surface area contributed by atoms with E-state index in [9.17, 15) is 8.42 Å². The van der Waals surface area contributed by atoms with Gasteiger partial charge in [-0.3, -0.25) is 0 Å². The second-order valence-electron chi connectivity index (χ2n) is 4.68. The Morgan fingerprint density at radius 2 is 1.43 bits per heavy atom. The van der Waals surface area contributed by atoms with Crippen LogP contribution in [-0.2, 0) is 28.9 Å². The van der Waals surface area contributed by atoms with Crippen LogP contribution < -0.4 is 4.72 Å². The summed E-state index contributed by atoms with van der Waals surface area (Å²) >= 11 is 3.34. The van der Waals surface area contributed by atoms with Crippen molar-refractivity contribution in [3.8, 4) is 0 Å². The molecule has 0 fully saturated rings. The van der Waals surface area contributed by atoms with E-state index in [1.807, 2.05) is 24.3 Å². The summed E-state index contributed by atoms with van der Waals surface area (Å²) in [6.07, 6.45) is 0. The normalized spacial score (nSPS) is 11.5. The van der Waals surface area contributed by atoms with Gasteiger partial charge in [-0.1, -0.05) is 52.3 Å². The van der Waals surface area contributed by atoms with Gasteiger partial charge in [-0.05, 0) is 28.8 Å². The molecule has 0 aromatic heterocycles. The van der Waals surface area contributed by atoms with E-state index in [1.54, 1.807) is 24.3 Å². The van der Waals surface area contributed by atoms with Crippen LogP contribution in [0.25, 0.3) is 0 Å². The molecule has 2 aromatic carbocycles. The Morgan fingerprint density at radius 1 is 0.905 bits per heavy atom. The smallest absolute Gasteiger partial charge is 0.216 e. The van der Waals surface area contributed by atoms with Crippen LogP contribution in [0.1, 0.15) is 16.7 Å². The molecule has 2 N–H and O–H groups in total. The number of sulfonamides is 1. The maximum absolute atomic E-state index is 12.0. The minimum atomic E-state index is -3.39. The first kappa shape index (κ1) is 16.2. The summed E-state index contributed by atoms with van der Waals surface area (Å²) in [5, 5.41) is 8.96. The molecule has 0 unspecified atom stereocenters. The van der Waals surface area contributed by atoms with E-state index in [0.717, 1.165) is 15.6 Å². The standard InChI is InChI=1S/C15H16BrNO3S/c16-15-7-5-12(6-8-15)9-17-21(19,20)11-14-3-1-13(10-18)2-4-14/h1-8,17-18H,9-11H2. The summed E-state index contributed by atoms with van der Waals surface area (Å²) in [4.78, 5) is 0. The fourth-order valence-corrected chi connectivity index (χ4v) is 3.19. The summed E-state index contributed by atoms with van der Waals surface area (Å²) in [5.41, 5.74) is 2.35. The Bertz CT molecular complexity index is 682. The number of halogens is 1. The van der Waals surface area contributed by atoms with E-state index in [2.05, 4.69) is 20.7 Å². The van der Waals surface area contributed by atoms with Gasteiger partial charge in [-0.25, -0.2) is 13.1 Å². The molecule has 0 amide bonds. The second kappa shape index (κ2) is 7.17. The van der Waals surface area contributed by atoms with Crippen LogP contribution in [-0.4, -0.2) is 13.5 Å². The highest BCUT2D eigenvalue weighted by Crippen LogP contribution is 2.11. The van der Waals surface area contributed by atoms with Crippen LogP contribution in [0.4, 0.5) is 0 Å². The van der Waals surface area contributed by atoms with Crippen molar-refractivity contribution >= 4 is 26.0 Å². The summed E-state index contributed by atoms with van der Waals surface area (Å²) in [6, 6.07) is 14.3. The molecule has 4 nitrogen and oxygen atoms in total. The Balaban J connectivity index is 1.96. The number of rotatable bonds is 6. The number of nitrogens with one attached hydrogen (secondary N) is 1. The van der Waals surface area contributed by atoms with E-state index in [4.69, 9.17) is 5.11 Å². The van der Waals surface area contributed by atoms with Crippen molar-refractivity contribution in [3.63, 3.8) is 0 Å². The number of benzene rings is 2. The molecule has 0 bridgehead atoms. The van der Waals surface area contributed by atoms with Crippen molar-refractivity contribution in [3.05, 3.63) is 69.7 Å². The molecule has 0 heterocycles. The van der Waals surface area contributed by atoms with E-state index >= 15 is 0 Å². The number of aliphatic hydroxyl groups is 1. The molecule has 112 valence electrons. The van der Waals surface area contributed by atoms with Crippen LogP contribution in [0.5, 0.6) is 0 Å². The van der Waals surface area contributed by atoms with Crippen molar-refractivity contribution in [2.75, 3.05) is 0 Å². The van der Waals surface area contributed by atoms with Crippen LogP contribution in [0.2, 0.25) is 0 Å². The average molecular weight is 370 g/mol. The largest absolute Gasteiger partial charge is 0.392 e. The topological polar surface area (TPSA) is 66.4 Å². The summed E-state index contributed by atoms with van der Waals surface area (Å²) in [7, 11) is -3.39. The Labute approximate surface area is 133 Å². The maximum Gasteiger partial charge on any atom is 0.216 e. The highest BCUT2D eigenvalue weighted by Gasteiger charge is 2.11. The minimum absolute atomic E-state index is 0.0468. The lowest BCUT2D eigenvalue weighted by Gasteiger charge is -2.07. The van der Waals surface area contributed by atoms with Gasteiger partial charge in [0.1, 0.15) is 0 Å². The molecular weight excluding hydrogens is 354 g/mol. The lowest BCUT2D eigenvalue weighted by molar-refractivity contribution is 0.282. The number of hydrogen-bond donors (Lipinski definition) is 2. The maximum atomic E-state index is 12.0. The SMILES string of the molecule is O=S(=O)(Cc1ccc(CO)cc1)NCc1ccc(Br)cc1. The lowest BCUT2D eigenvalue weighted by atomic mass is 10.2. The summed E-state index contributed by atoms with van der Waals surface area (Å²) in [5.74, 6) is -0.0742. The van der Waals surface area contributed by atoms with Gasteiger partial charge in [0.15, 0.2) is 0 Å². The Hall–Kier alpha value is -1.21. The molecule has 2 rings (SSSR count). The van der Waals surface area contributed by atoms with Gasteiger partial charge in [0.2, 0.25) is 10.0 Å². The Morgan fingerprint density at radius 3 is 2.00 bits per heavy atom. The molecule has 0 aliphatic rings. The monoisotopic (exact) mass is 369 g/mol. The average Bonchev–Trinajstić information content (AvgIpc) is 2.47. The van der Waals surface area contributed by atoms with Crippen molar-refractivity contribution < 1.29 is 13.5 Å². The first-order valence-corrected chi connectivity index (χ1v) is 8.83. The third-order valence-electron chi connectivity index (χ3n) is 2.97. The molecule has 0 spiro atoms. The molecule has 0 radical (unpaired) electrons. The zero-order valence-corrected chi connectivity index (χ0v) is 13.7. The molecule has 0 aliphatic carbocycles. The second-order valence-corrected chi connectivity index (χ2v) is 7.40. The van der Waals surface area contributed by atoms with Crippen LogP contribution in [0.15, 0.2) is 53.0 Å². The van der Waals surface area contributed by atoms with Crippen LogP contribution in [0.3, 0.4) is 0 Å². The third-order valence-corrected chi connectivity index (χ3v) is 4.80. The Kier molecular flexibility index (Phi) is 5.52. The van der Waals surface area contributed by atoms with Crippen LogP contribution >= 0.6 is 15.9 Å². The fraction of sp³-hybridized carbons (Fsp3) is 0.200. The molecule has 0 saturated heterocycles. The van der Waals surface area contributed by atoms with E-state index in [1.165, 1.54) is 0 Å². The van der Waals surface area contributed by atoms with Crippen molar-refractivity contribution in [2.45, 2.75) is 18.9 Å². The molecular formula is C15H16BrNO3S. The quantitative estimate of drug-likeness (QED) is 0.822. The van der Waals surface area contributed by atoms with Crippen molar-refractivity contribution in [2.24, 2.45) is 0 Å². The predicted molar refractivity (Wildman–Crippen MR) is 86.0 cm³/mol. The molecule has 6 heteroatoms. The van der Waals surface area contributed by atoms with Gasteiger partial charge >= 0.3 is 0 Å². The van der Waals surface area contributed by atoms with Gasteiger partial charge in [-0.15, -0.1) is 0 Å². The highest BCUT2D eigenvalue weighted by atomic mass is 79.9. The first-order valence-electron chi connectivity index (χ1n) is 6.39. The van der Waals surface area contributed by atoms with E-state index in [0.29, 0.717) is 5.56 Å². The van der Waals surface area contributed by atoms with Gasteiger partial charge in [0, 0.05) is 11.0 Å². The van der Waals surface area contributed by atoms with Gasteiger partial charge in [0.05, 0.1) is 12.4 Å². The van der Waals surface area contributed by atoms with E-state index in [-0.39, 0.29) is 18.9 Å². The molecule has 0 aliphatic heterocycles. The zero-order chi connectivity index (χ0) is 15.3. The third kappa shape index (κ3) is 5.24. The first-order chi connectivity index (χ1) is 9.98. The predicted octanol–water partition coefficient (Wildman–Crippen LogP) is 2.56. The van der Waals surface area contributed by atoms with Gasteiger partial charge in [0.25, 0.3) is 0 Å². The molecule has 21 heavy (non-hydrogen) atoms. The zero-order valence-electron chi connectivity index (χ0n) is 11.3. The molecule has 0 saturated carbocycles. The fourth-order valence-electron chi connectivity index (χ4n) is 1.81. The summed E-state index contributed by atoms with van der Waals surface area (Å²) in [6.45, 7) is 0.221. The lowest BCUT2D eigenvalue weighted by Crippen LogP contribution is -2.24. The molecule has 0 atom stereocenters. The van der Waals surface area contributed by atoms with Crippen molar-refractivity contribution in [1.29, 1.82) is 0 Å². The number of aliphatic hydroxyl groups excluding tert-OH is 1. The van der Waals surface area contributed by atoms with Gasteiger partial charge in [-0.2, -0.15) is 0 Å². The number of hydrogen-bond acceptors (Lipinski definition) is 3. The summed E-state index contributed by atoms with van der Waals surface area (Å²) < 4.78 is 27.6. The van der Waals surface area contributed by atoms with E-state index < -0.39 is 10.0 Å². The highest BCUT2D eigenvalue weighted by molar-refractivity contribution is 9.10. The minimum Gasteiger partial charge on any atom is -0.392 e.